The minimum atomic E-state index is -3.45. The standard InChI is InChI=1S/C18H17F2NO6S/c1-11(16(22)12-6-8-14(9-7-12)21-28(2,24)25)26-17(23)13-4-3-5-15(10-13)27-18(19)20/h3-11,18,21H,1-2H3/t11-/m1/s1. The van der Waals surface area contributed by atoms with Gasteiger partial charge in [0.2, 0.25) is 15.8 Å². The van der Waals surface area contributed by atoms with Gasteiger partial charge in [0, 0.05) is 11.3 Å². The molecule has 2 aromatic rings. The van der Waals surface area contributed by atoms with Crippen LogP contribution < -0.4 is 9.46 Å². The Bertz CT molecular complexity index is 960. The molecule has 1 N–H and O–H groups in total. The Morgan fingerprint density at radius 2 is 1.68 bits per heavy atom. The molecule has 0 amide bonds. The molecule has 28 heavy (non-hydrogen) atoms. The molecule has 0 aliphatic rings. The van der Waals surface area contributed by atoms with Crippen LogP contribution in [0.4, 0.5) is 14.5 Å². The second kappa shape index (κ2) is 8.79. The van der Waals surface area contributed by atoms with E-state index in [0.717, 1.165) is 12.3 Å². The van der Waals surface area contributed by atoms with Crippen LogP contribution in [0.5, 0.6) is 5.75 Å². The molecule has 0 unspecified atom stereocenters. The van der Waals surface area contributed by atoms with Crippen molar-refractivity contribution in [3.05, 3.63) is 59.7 Å². The fourth-order valence-electron chi connectivity index (χ4n) is 2.23. The zero-order chi connectivity index (χ0) is 20.9. The molecule has 0 aromatic heterocycles. The molecule has 2 rings (SSSR count). The molecule has 10 heteroatoms. The van der Waals surface area contributed by atoms with Gasteiger partial charge < -0.3 is 9.47 Å². The molecule has 0 fully saturated rings. The minimum absolute atomic E-state index is 0.0505. The number of carbonyl (C=O) groups is 2. The molecule has 2 aromatic carbocycles. The summed E-state index contributed by atoms with van der Waals surface area (Å²) in [5.74, 6) is -1.60. The molecule has 0 radical (unpaired) electrons. The molecule has 0 heterocycles. The molecule has 0 bridgehead atoms. The van der Waals surface area contributed by atoms with Crippen LogP contribution in [-0.4, -0.2) is 39.1 Å². The number of rotatable bonds is 8. The van der Waals surface area contributed by atoms with Crippen LogP contribution in [0.25, 0.3) is 0 Å². The summed E-state index contributed by atoms with van der Waals surface area (Å²) in [7, 11) is -3.45. The summed E-state index contributed by atoms with van der Waals surface area (Å²) in [5.41, 5.74) is 0.430. The van der Waals surface area contributed by atoms with Gasteiger partial charge in [-0.25, -0.2) is 13.2 Å². The van der Waals surface area contributed by atoms with E-state index in [2.05, 4.69) is 9.46 Å². The van der Waals surface area contributed by atoms with Crippen LogP contribution in [0.2, 0.25) is 0 Å². The zero-order valence-electron chi connectivity index (χ0n) is 14.9. The van der Waals surface area contributed by atoms with E-state index in [1.807, 2.05) is 0 Å². The quantitative estimate of drug-likeness (QED) is 0.528. The van der Waals surface area contributed by atoms with E-state index in [-0.39, 0.29) is 22.6 Å². The van der Waals surface area contributed by atoms with Gasteiger partial charge in [-0.15, -0.1) is 0 Å². The van der Waals surface area contributed by atoms with Crippen molar-refractivity contribution in [2.24, 2.45) is 0 Å². The first-order valence-electron chi connectivity index (χ1n) is 7.93. The van der Waals surface area contributed by atoms with Gasteiger partial charge >= 0.3 is 12.6 Å². The van der Waals surface area contributed by atoms with Crippen molar-refractivity contribution in [3.63, 3.8) is 0 Å². The molecular weight excluding hydrogens is 396 g/mol. The molecular formula is C18H17F2NO6S. The SMILES string of the molecule is C[C@@H](OC(=O)c1cccc(OC(F)F)c1)C(=O)c1ccc(NS(C)(=O)=O)cc1. The molecule has 0 spiro atoms. The van der Waals surface area contributed by atoms with E-state index < -0.39 is 34.5 Å². The molecule has 0 saturated heterocycles. The number of sulfonamides is 1. The topological polar surface area (TPSA) is 98.8 Å². The van der Waals surface area contributed by atoms with Crippen molar-refractivity contribution in [3.8, 4) is 5.75 Å². The molecule has 0 saturated carbocycles. The monoisotopic (exact) mass is 413 g/mol. The van der Waals surface area contributed by atoms with Gasteiger partial charge in [0.1, 0.15) is 5.75 Å². The second-order valence-corrected chi connectivity index (χ2v) is 7.52. The van der Waals surface area contributed by atoms with Gasteiger partial charge in [-0.05, 0) is 49.4 Å². The first kappa shape index (κ1) is 21.3. The number of halogens is 2. The van der Waals surface area contributed by atoms with E-state index in [9.17, 15) is 26.8 Å². The van der Waals surface area contributed by atoms with Crippen LogP contribution in [0, 0.1) is 0 Å². The normalized spacial score (nSPS) is 12.3. The average molecular weight is 413 g/mol. The van der Waals surface area contributed by atoms with Gasteiger partial charge in [-0.1, -0.05) is 6.07 Å². The van der Waals surface area contributed by atoms with Crippen LogP contribution in [0.3, 0.4) is 0 Å². The highest BCUT2D eigenvalue weighted by atomic mass is 32.2. The third-order valence-electron chi connectivity index (χ3n) is 3.42. The third-order valence-corrected chi connectivity index (χ3v) is 4.03. The Hall–Kier alpha value is -3.01. The molecule has 0 aliphatic heterocycles. The summed E-state index contributed by atoms with van der Waals surface area (Å²) in [4.78, 5) is 24.5. The Kier molecular flexibility index (Phi) is 6.68. The van der Waals surface area contributed by atoms with Crippen molar-refractivity contribution >= 4 is 27.5 Å². The molecule has 7 nitrogen and oxygen atoms in total. The number of carbonyl (C=O) groups excluding carboxylic acids is 2. The maximum absolute atomic E-state index is 12.4. The lowest BCUT2D eigenvalue weighted by Gasteiger charge is -2.13. The van der Waals surface area contributed by atoms with E-state index in [1.165, 1.54) is 49.4 Å². The number of hydrogen-bond acceptors (Lipinski definition) is 6. The summed E-state index contributed by atoms with van der Waals surface area (Å²) >= 11 is 0. The highest BCUT2D eigenvalue weighted by molar-refractivity contribution is 7.92. The molecule has 150 valence electrons. The number of hydrogen-bond donors (Lipinski definition) is 1. The highest BCUT2D eigenvalue weighted by Gasteiger charge is 2.21. The number of ketones is 1. The third kappa shape index (κ3) is 6.31. The molecule has 0 aliphatic carbocycles. The summed E-state index contributed by atoms with van der Waals surface area (Å²) in [6.07, 6.45) is -0.157. The van der Waals surface area contributed by atoms with Crippen molar-refractivity contribution in [2.45, 2.75) is 19.6 Å². The summed E-state index contributed by atoms with van der Waals surface area (Å²) in [6, 6.07) is 10.6. The van der Waals surface area contributed by atoms with E-state index in [4.69, 9.17) is 4.74 Å². The summed E-state index contributed by atoms with van der Waals surface area (Å²) < 4.78 is 58.4. The maximum atomic E-state index is 12.4. The van der Waals surface area contributed by atoms with Crippen LogP contribution in [0.15, 0.2) is 48.5 Å². The van der Waals surface area contributed by atoms with Crippen molar-refractivity contribution in [1.82, 2.24) is 0 Å². The number of alkyl halides is 2. The summed E-state index contributed by atoms with van der Waals surface area (Å²) in [6.45, 7) is -1.67. The van der Waals surface area contributed by atoms with Crippen molar-refractivity contribution < 1.29 is 36.3 Å². The van der Waals surface area contributed by atoms with E-state index in [0.29, 0.717) is 0 Å². The van der Waals surface area contributed by atoms with Crippen molar-refractivity contribution in [2.75, 3.05) is 11.0 Å². The fourth-order valence-corrected chi connectivity index (χ4v) is 2.80. The maximum Gasteiger partial charge on any atom is 0.387 e. The smallest absolute Gasteiger partial charge is 0.387 e. The van der Waals surface area contributed by atoms with Crippen LogP contribution >= 0.6 is 0 Å². The van der Waals surface area contributed by atoms with E-state index >= 15 is 0 Å². The number of ether oxygens (including phenoxy) is 2. The number of benzene rings is 2. The highest BCUT2D eigenvalue weighted by Crippen LogP contribution is 2.18. The van der Waals surface area contributed by atoms with Crippen LogP contribution in [-0.2, 0) is 14.8 Å². The number of esters is 1. The predicted molar refractivity (Wildman–Crippen MR) is 97.2 cm³/mol. The molecule has 1 atom stereocenters. The first-order chi connectivity index (χ1) is 13.0. The Morgan fingerprint density at radius 1 is 1.04 bits per heavy atom. The lowest BCUT2D eigenvalue weighted by atomic mass is 10.1. The van der Waals surface area contributed by atoms with Gasteiger partial charge in [0.25, 0.3) is 0 Å². The minimum Gasteiger partial charge on any atom is -0.451 e. The first-order valence-corrected chi connectivity index (χ1v) is 9.82. The Labute approximate surface area is 160 Å². The number of Topliss-reactive ketones (excluding diaryl/α,β-unsaturated/α-hetero) is 1. The number of anilines is 1. The van der Waals surface area contributed by atoms with Crippen molar-refractivity contribution in [1.29, 1.82) is 0 Å². The van der Waals surface area contributed by atoms with E-state index in [1.54, 1.807) is 0 Å². The van der Waals surface area contributed by atoms with Gasteiger partial charge in [0.15, 0.2) is 6.10 Å². The average Bonchev–Trinajstić information content (AvgIpc) is 2.60. The lowest BCUT2D eigenvalue weighted by Crippen LogP contribution is -2.24. The lowest BCUT2D eigenvalue weighted by molar-refractivity contribution is -0.0499. The largest absolute Gasteiger partial charge is 0.451 e. The van der Waals surface area contributed by atoms with Gasteiger partial charge in [-0.3, -0.25) is 9.52 Å². The second-order valence-electron chi connectivity index (χ2n) is 5.77. The summed E-state index contributed by atoms with van der Waals surface area (Å²) in [5, 5.41) is 0. The fraction of sp³-hybridized carbons (Fsp3) is 0.222. The van der Waals surface area contributed by atoms with Gasteiger partial charge in [0.05, 0.1) is 11.8 Å². The Morgan fingerprint density at radius 3 is 2.25 bits per heavy atom. The van der Waals surface area contributed by atoms with Gasteiger partial charge in [-0.2, -0.15) is 8.78 Å². The number of nitrogens with one attached hydrogen (secondary N) is 1. The van der Waals surface area contributed by atoms with Crippen LogP contribution in [0.1, 0.15) is 27.6 Å². The zero-order valence-corrected chi connectivity index (χ0v) is 15.7. The predicted octanol–water partition coefficient (Wildman–Crippen LogP) is 3.09. The Balaban J connectivity index is 2.04.